The van der Waals surface area contributed by atoms with E-state index in [1.54, 1.807) is 84.9 Å². The highest BCUT2D eigenvalue weighted by Gasteiger charge is 2.13. The minimum atomic E-state index is -0.237. The largest absolute Gasteiger partial charge is 0.457 e. The maximum absolute atomic E-state index is 12.9. The van der Waals surface area contributed by atoms with Crippen molar-refractivity contribution in [3.63, 3.8) is 0 Å². The van der Waals surface area contributed by atoms with Crippen molar-refractivity contribution in [1.82, 2.24) is 0 Å². The van der Waals surface area contributed by atoms with Crippen molar-refractivity contribution in [3.8, 4) is 46.0 Å². The van der Waals surface area contributed by atoms with Gasteiger partial charge in [0.2, 0.25) is 0 Å². The number of fused-ring (bicyclic) bond motifs is 4. The maximum atomic E-state index is 12.9. The van der Waals surface area contributed by atoms with Crippen LogP contribution >= 0.6 is 0 Å². The third kappa shape index (κ3) is 13.1. The number of carbonyl (C=O) groups excluding carboxylic acids is 2. The van der Waals surface area contributed by atoms with E-state index in [1.807, 2.05) is 146 Å². The molecule has 0 radical (unpaired) electrons. The van der Waals surface area contributed by atoms with Crippen LogP contribution in [0.1, 0.15) is 31.8 Å². The number of carbonyl (C=O) groups is 2. The molecule has 12 nitrogen and oxygen atoms in total. The zero-order valence-corrected chi connectivity index (χ0v) is 44.4. The van der Waals surface area contributed by atoms with Crippen LogP contribution in [0.4, 0.5) is 22.7 Å². The van der Waals surface area contributed by atoms with Gasteiger partial charge in [-0.1, -0.05) is 97.1 Å². The first-order valence-electron chi connectivity index (χ1n) is 26.7. The summed E-state index contributed by atoms with van der Waals surface area (Å²) in [4.78, 5) is 25.7. The average Bonchev–Trinajstić information content (AvgIpc) is 3.58. The van der Waals surface area contributed by atoms with Gasteiger partial charge in [-0.15, -0.1) is 0 Å². The van der Waals surface area contributed by atoms with Crippen molar-refractivity contribution in [2.24, 2.45) is 0 Å². The SMILES string of the molecule is Nc1cc2ccccc2cc1Oc1ccc(NC(=O)c2ccc(Oc3cc4ccccc4cc3N)cc2)cc1.O=C(Nc1ccc(Oc2ccc3cc(CCO)ccc3c2)cc1)c1ccc(Oc2ccc3cc(CCO)ccc3c2)cc1. The van der Waals surface area contributed by atoms with Crippen LogP contribution in [-0.2, 0) is 12.8 Å². The molecule has 0 saturated carbocycles. The van der Waals surface area contributed by atoms with Gasteiger partial charge in [-0.25, -0.2) is 0 Å². The zero-order chi connectivity index (χ0) is 56.4. The van der Waals surface area contributed by atoms with Crippen molar-refractivity contribution in [2.45, 2.75) is 12.8 Å². The molecule has 0 aromatic heterocycles. The first-order valence-corrected chi connectivity index (χ1v) is 26.7. The molecular weight excluding hydrogens is 1020 g/mol. The van der Waals surface area contributed by atoms with Gasteiger partial charge in [0.1, 0.15) is 34.5 Å². The number of nitrogens with one attached hydrogen (secondary N) is 2. The molecule has 0 unspecified atom stereocenters. The molecule has 82 heavy (non-hydrogen) atoms. The molecule has 0 saturated heterocycles. The molecule has 0 atom stereocenters. The van der Waals surface area contributed by atoms with Crippen LogP contribution in [0.2, 0.25) is 0 Å². The van der Waals surface area contributed by atoms with E-state index < -0.39 is 0 Å². The van der Waals surface area contributed by atoms with Gasteiger partial charge in [-0.2, -0.15) is 0 Å². The van der Waals surface area contributed by atoms with E-state index in [0.717, 1.165) is 60.0 Å². The lowest BCUT2D eigenvalue weighted by Crippen LogP contribution is -2.11. The van der Waals surface area contributed by atoms with Gasteiger partial charge >= 0.3 is 0 Å². The summed E-state index contributed by atoms with van der Waals surface area (Å²) >= 11 is 0. The van der Waals surface area contributed by atoms with Crippen molar-refractivity contribution in [1.29, 1.82) is 0 Å². The second-order valence-electron chi connectivity index (χ2n) is 19.5. The van der Waals surface area contributed by atoms with Crippen molar-refractivity contribution in [3.05, 3.63) is 265 Å². The smallest absolute Gasteiger partial charge is 0.255 e. The number of hydrogen-bond acceptors (Lipinski definition) is 10. The number of hydrogen-bond donors (Lipinski definition) is 6. The minimum absolute atomic E-state index is 0.129. The van der Waals surface area contributed by atoms with E-state index in [-0.39, 0.29) is 25.0 Å². The Kier molecular flexibility index (Phi) is 16.0. The summed E-state index contributed by atoms with van der Waals surface area (Å²) in [5.74, 6) is 4.61. The number of aliphatic hydroxyl groups excluding tert-OH is 2. The number of benzene rings is 12. The normalized spacial score (nSPS) is 11.0. The van der Waals surface area contributed by atoms with E-state index in [9.17, 15) is 9.59 Å². The number of amides is 2. The molecule has 12 aromatic rings. The van der Waals surface area contributed by atoms with Crippen LogP contribution in [0, 0.1) is 0 Å². The standard InChI is InChI=1S/C37H31NO5.C33H25N3O3/c39-19-17-25-1-3-30-23-35(13-7-28(30)21-25)42-33-11-5-27(6-12-33)37(41)38-32-9-15-34(16-10-32)43-36-14-8-29-22-26(18-20-40)2-4-31(29)24-36;34-29-17-22-5-1-3-7-24(22)19-31(29)38-27-13-9-21(10-14-27)33(37)36-26-11-15-28(16-12-26)39-32-20-25-8-4-2-6-23(25)18-30(32)35/h1-16,21-24,39-40H,17-20H2,(H,38,41);1-20H,34-35H2,(H,36,37). The first-order chi connectivity index (χ1) is 40.1. The molecule has 0 heterocycles. The molecule has 12 rings (SSSR count). The highest BCUT2D eigenvalue weighted by atomic mass is 16.5. The van der Waals surface area contributed by atoms with E-state index in [1.165, 1.54) is 0 Å². The fourth-order valence-corrected chi connectivity index (χ4v) is 9.39. The topological polar surface area (TPSA) is 188 Å². The molecular formula is C70H56N4O8. The Morgan fingerprint density at radius 1 is 0.329 bits per heavy atom. The van der Waals surface area contributed by atoms with Gasteiger partial charge in [0.15, 0.2) is 11.5 Å². The second kappa shape index (κ2) is 24.6. The Morgan fingerprint density at radius 3 is 1.01 bits per heavy atom. The number of ether oxygens (including phenoxy) is 4. The molecule has 0 spiro atoms. The first kappa shape index (κ1) is 53.3. The molecule has 0 aliphatic rings. The van der Waals surface area contributed by atoms with Gasteiger partial charge in [0.25, 0.3) is 11.8 Å². The predicted molar refractivity (Wildman–Crippen MR) is 328 cm³/mol. The van der Waals surface area contributed by atoms with E-state index in [4.69, 9.17) is 40.6 Å². The Hall–Kier alpha value is -10.7. The third-order valence-electron chi connectivity index (χ3n) is 13.7. The summed E-state index contributed by atoms with van der Waals surface area (Å²) in [5.41, 5.74) is 18.0. The van der Waals surface area contributed by atoms with Crippen LogP contribution in [0.5, 0.6) is 46.0 Å². The number of aliphatic hydroxyl groups is 2. The van der Waals surface area contributed by atoms with E-state index >= 15 is 0 Å². The fraction of sp³-hybridized carbons (Fsp3) is 0.0571. The van der Waals surface area contributed by atoms with Crippen LogP contribution < -0.4 is 41.0 Å². The quantitative estimate of drug-likeness (QED) is 0.0508. The Morgan fingerprint density at radius 2 is 0.634 bits per heavy atom. The van der Waals surface area contributed by atoms with E-state index in [0.29, 0.717) is 87.0 Å². The monoisotopic (exact) mass is 1080 g/mol. The van der Waals surface area contributed by atoms with Crippen LogP contribution in [-0.4, -0.2) is 35.2 Å². The summed E-state index contributed by atoms with van der Waals surface area (Å²) in [7, 11) is 0. The fourth-order valence-electron chi connectivity index (χ4n) is 9.39. The molecule has 12 aromatic carbocycles. The minimum Gasteiger partial charge on any atom is -0.457 e. The number of nitrogens with two attached hydrogens (primary N) is 2. The van der Waals surface area contributed by atoms with Gasteiger partial charge in [0, 0.05) is 35.7 Å². The van der Waals surface area contributed by atoms with Crippen molar-refractivity contribution < 1.29 is 38.7 Å². The molecule has 0 aliphatic heterocycles. The second-order valence-corrected chi connectivity index (χ2v) is 19.5. The lowest BCUT2D eigenvalue weighted by atomic mass is 10.1. The summed E-state index contributed by atoms with van der Waals surface area (Å²) in [6.45, 7) is 0.260. The Balaban J connectivity index is 0.000000173. The lowest BCUT2D eigenvalue weighted by molar-refractivity contribution is 0.101. The summed E-state index contributed by atoms with van der Waals surface area (Å²) in [6, 6.07) is 75.9. The summed E-state index contributed by atoms with van der Waals surface area (Å²) in [6.07, 6.45) is 1.27. The summed E-state index contributed by atoms with van der Waals surface area (Å²) in [5, 5.41) is 32.6. The third-order valence-corrected chi connectivity index (χ3v) is 13.7. The maximum Gasteiger partial charge on any atom is 0.255 e. The molecule has 0 bridgehead atoms. The molecule has 404 valence electrons. The van der Waals surface area contributed by atoms with Crippen molar-refractivity contribution >= 4 is 77.7 Å². The van der Waals surface area contributed by atoms with Crippen molar-refractivity contribution in [2.75, 3.05) is 35.3 Å². The highest BCUT2D eigenvalue weighted by Crippen LogP contribution is 2.35. The zero-order valence-electron chi connectivity index (χ0n) is 44.4. The molecule has 12 heteroatoms. The van der Waals surface area contributed by atoms with Crippen LogP contribution in [0.25, 0.3) is 43.1 Å². The van der Waals surface area contributed by atoms with Gasteiger partial charge in [-0.3, -0.25) is 9.59 Å². The molecule has 0 fully saturated rings. The Bertz CT molecular complexity index is 4250. The van der Waals surface area contributed by atoms with Crippen LogP contribution in [0.3, 0.4) is 0 Å². The Labute approximate surface area is 473 Å². The predicted octanol–water partition coefficient (Wildman–Crippen LogP) is 15.9. The van der Waals surface area contributed by atoms with Gasteiger partial charge in [0.05, 0.1) is 11.4 Å². The number of rotatable bonds is 16. The van der Waals surface area contributed by atoms with Gasteiger partial charge in [-0.05, 0) is 213 Å². The molecule has 2 amide bonds. The van der Waals surface area contributed by atoms with Gasteiger partial charge < -0.3 is 51.3 Å². The molecule has 8 N–H and O–H groups in total. The number of nitrogen functional groups attached to an aromatic ring is 2. The number of anilines is 4. The summed E-state index contributed by atoms with van der Waals surface area (Å²) < 4.78 is 24.0. The lowest BCUT2D eigenvalue weighted by Gasteiger charge is -2.12. The molecule has 0 aliphatic carbocycles. The van der Waals surface area contributed by atoms with E-state index in [2.05, 4.69) is 22.8 Å². The van der Waals surface area contributed by atoms with Crippen LogP contribution in [0.15, 0.2) is 243 Å². The average molecular weight is 1080 g/mol. The highest BCUT2D eigenvalue weighted by molar-refractivity contribution is 6.05.